The number of aromatic nitrogens is 4. The quantitative estimate of drug-likeness (QED) is 0.947. The predicted octanol–water partition coefficient (Wildman–Crippen LogP) is 2.78. The maximum Gasteiger partial charge on any atom is 0.224 e. The molecule has 0 spiro atoms. The van der Waals surface area contributed by atoms with Gasteiger partial charge >= 0.3 is 0 Å². The molecule has 96 valence electrons. The molecule has 1 N–H and O–H groups in total. The Balaban J connectivity index is 2.52. The van der Waals surface area contributed by atoms with Crippen LogP contribution >= 0.6 is 15.9 Å². The van der Waals surface area contributed by atoms with Crippen LogP contribution in [0.1, 0.15) is 24.0 Å². The number of rotatable bonds is 3. The van der Waals surface area contributed by atoms with Crippen molar-refractivity contribution in [1.82, 2.24) is 19.7 Å². The largest absolute Gasteiger partial charge is 0.354 e. The lowest BCUT2D eigenvalue weighted by Crippen LogP contribution is -2.08. The van der Waals surface area contributed by atoms with Crippen LogP contribution in [0.3, 0.4) is 0 Å². The third-order valence-corrected chi connectivity index (χ3v) is 3.74. The number of anilines is 1. The Morgan fingerprint density at radius 3 is 2.56 bits per heavy atom. The lowest BCUT2D eigenvalue weighted by atomic mass is 10.4. The molecule has 0 saturated heterocycles. The molecule has 5 nitrogen and oxygen atoms in total. The van der Waals surface area contributed by atoms with Crippen LogP contribution < -0.4 is 5.32 Å². The highest BCUT2D eigenvalue weighted by Gasteiger charge is 2.12. The van der Waals surface area contributed by atoms with Crippen molar-refractivity contribution in [3.63, 3.8) is 0 Å². The summed E-state index contributed by atoms with van der Waals surface area (Å²) < 4.78 is 2.85. The van der Waals surface area contributed by atoms with E-state index in [0.717, 1.165) is 33.9 Å². The minimum absolute atomic E-state index is 0.635. The maximum atomic E-state index is 4.47. The number of nitrogens with zero attached hydrogens (tertiary/aromatic N) is 4. The van der Waals surface area contributed by atoms with Gasteiger partial charge in [0.25, 0.3) is 0 Å². The number of hydrogen-bond donors (Lipinski definition) is 1. The standard InChI is InChI=1S/C12H16BrN5/c1-5-14-12-15-7(2)6-10(16-12)18-9(4)11(13)8(3)17-18/h6H,5H2,1-4H3,(H,14,15,16). The van der Waals surface area contributed by atoms with E-state index in [1.54, 1.807) is 0 Å². The summed E-state index contributed by atoms with van der Waals surface area (Å²) in [6.45, 7) is 8.74. The maximum absolute atomic E-state index is 4.47. The minimum atomic E-state index is 0.635. The van der Waals surface area contributed by atoms with Crippen molar-refractivity contribution < 1.29 is 0 Å². The summed E-state index contributed by atoms with van der Waals surface area (Å²) in [6.07, 6.45) is 0. The second kappa shape index (κ2) is 5.06. The van der Waals surface area contributed by atoms with Gasteiger partial charge in [-0.15, -0.1) is 0 Å². The molecule has 0 atom stereocenters. The Hall–Kier alpha value is -1.43. The van der Waals surface area contributed by atoms with E-state index in [1.807, 2.05) is 38.4 Å². The van der Waals surface area contributed by atoms with Gasteiger partial charge in [-0.3, -0.25) is 0 Å². The molecule has 0 saturated carbocycles. The second-order valence-electron chi connectivity index (χ2n) is 4.12. The topological polar surface area (TPSA) is 55.6 Å². The first-order chi connectivity index (χ1) is 8.52. The van der Waals surface area contributed by atoms with Crippen molar-refractivity contribution in [2.24, 2.45) is 0 Å². The highest BCUT2D eigenvalue weighted by atomic mass is 79.9. The van der Waals surface area contributed by atoms with Crippen molar-refractivity contribution in [1.29, 1.82) is 0 Å². The molecule has 0 amide bonds. The molecule has 18 heavy (non-hydrogen) atoms. The molecule has 2 rings (SSSR count). The van der Waals surface area contributed by atoms with Crippen molar-refractivity contribution in [3.8, 4) is 5.82 Å². The Morgan fingerprint density at radius 1 is 1.28 bits per heavy atom. The second-order valence-corrected chi connectivity index (χ2v) is 4.91. The van der Waals surface area contributed by atoms with Crippen LogP contribution in [0.5, 0.6) is 0 Å². The van der Waals surface area contributed by atoms with Gasteiger partial charge < -0.3 is 5.32 Å². The average molecular weight is 310 g/mol. The Kier molecular flexibility index (Phi) is 3.65. The van der Waals surface area contributed by atoms with Crippen LogP contribution in [0.2, 0.25) is 0 Å². The molecular weight excluding hydrogens is 294 g/mol. The van der Waals surface area contributed by atoms with Gasteiger partial charge in [0.15, 0.2) is 5.82 Å². The van der Waals surface area contributed by atoms with Crippen LogP contribution in [0.15, 0.2) is 10.5 Å². The Morgan fingerprint density at radius 2 is 2.00 bits per heavy atom. The van der Waals surface area contributed by atoms with Gasteiger partial charge in [0.2, 0.25) is 5.95 Å². The van der Waals surface area contributed by atoms with E-state index in [0.29, 0.717) is 5.95 Å². The lowest BCUT2D eigenvalue weighted by molar-refractivity contribution is 0.798. The van der Waals surface area contributed by atoms with E-state index in [1.165, 1.54) is 0 Å². The van der Waals surface area contributed by atoms with Gasteiger partial charge in [0.05, 0.1) is 15.9 Å². The fourth-order valence-corrected chi connectivity index (χ4v) is 1.99. The fourth-order valence-electron chi connectivity index (χ4n) is 1.74. The molecule has 0 radical (unpaired) electrons. The van der Waals surface area contributed by atoms with E-state index in [9.17, 15) is 0 Å². The van der Waals surface area contributed by atoms with E-state index in [2.05, 4.69) is 36.3 Å². The van der Waals surface area contributed by atoms with Gasteiger partial charge in [0.1, 0.15) is 0 Å². The van der Waals surface area contributed by atoms with Crippen LogP contribution in [0.4, 0.5) is 5.95 Å². The van der Waals surface area contributed by atoms with E-state index in [4.69, 9.17) is 0 Å². The molecular formula is C12H16BrN5. The average Bonchev–Trinajstić information content (AvgIpc) is 2.57. The van der Waals surface area contributed by atoms with Crippen LogP contribution in [-0.2, 0) is 0 Å². The summed E-state index contributed by atoms with van der Waals surface area (Å²) in [7, 11) is 0. The van der Waals surface area contributed by atoms with Gasteiger partial charge in [-0.2, -0.15) is 10.1 Å². The summed E-state index contributed by atoms with van der Waals surface area (Å²) in [5.74, 6) is 1.42. The summed E-state index contributed by atoms with van der Waals surface area (Å²) in [6, 6.07) is 1.92. The number of halogens is 1. The Labute approximate surface area is 115 Å². The number of aryl methyl sites for hydroxylation is 2. The summed E-state index contributed by atoms with van der Waals surface area (Å²) >= 11 is 3.52. The summed E-state index contributed by atoms with van der Waals surface area (Å²) in [5, 5.41) is 7.60. The van der Waals surface area contributed by atoms with Gasteiger partial charge in [0, 0.05) is 18.3 Å². The minimum Gasteiger partial charge on any atom is -0.354 e. The third kappa shape index (κ3) is 2.38. The van der Waals surface area contributed by atoms with Gasteiger partial charge in [-0.05, 0) is 43.6 Å². The van der Waals surface area contributed by atoms with E-state index in [-0.39, 0.29) is 0 Å². The molecule has 2 aromatic rings. The highest BCUT2D eigenvalue weighted by molar-refractivity contribution is 9.10. The smallest absolute Gasteiger partial charge is 0.224 e. The van der Waals surface area contributed by atoms with Gasteiger partial charge in [-0.25, -0.2) is 9.67 Å². The molecule has 0 bridgehead atoms. The van der Waals surface area contributed by atoms with Gasteiger partial charge in [-0.1, -0.05) is 0 Å². The number of hydrogen-bond acceptors (Lipinski definition) is 4. The molecule has 6 heteroatoms. The molecule has 0 aliphatic rings. The van der Waals surface area contributed by atoms with Crippen molar-refractivity contribution >= 4 is 21.9 Å². The summed E-state index contributed by atoms with van der Waals surface area (Å²) in [4.78, 5) is 8.80. The predicted molar refractivity (Wildman–Crippen MR) is 75.2 cm³/mol. The van der Waals surface area contributed by atoms with Crippen molar-refractivity contribution in [3.05, 3.63) is 27.6 Å². The first-order valence-electron chi connectivity index (χ1n) is 5.84. The number of nitrogens with one attached hydrogen (secondary N) is 1. The van der Waals surface area contributed by atoms with Crippen LogP contribution in [-0.4, -0.2) is 26.3 Å². The van der Waals surface area contributed by atoms with Crippen molar-refractivity contribution in [2.75, 3.05) is 11.9 Å². The fraction of sp³-hybridized carbons (Fsp3) is 0.417. The van der Waals surface area contributed by atoms with E-state index >= 15 is 0 Å². The molecule has 2 heterocycles. The first kappa shape index (κ1) is 13.0. The monoisotopic (exact) mass is 309 g/mol. The van der Waals surface area contributed by atoms with E-state index < -0.39 is 0 Å². The Bertz CT molecular complexity index is 576. The lowest BCUT2D eigenvalue weighted by Gasteiger charge is -2.08. The highest BCUT2D eigenvalue weighted by Crippen LogP contribution is 2.22. The first-order valence-corrected chi connectivity index (χ1v) is 6.64. The normalized spacial score (nSPS) is 10.7. The van der Waals surface area contributed by atoms with Crippen LogP contribution in [0, 0.1) is 20.8 Å². The zero-order valence-corrected chi connectivity index (χ0v) is 12.5. The molecule has 0 unspecified atom stereocenters. The summed E-state index contributed by atoms with van der Waals surface area (Å²) in [5.41, 5.74) is 2.90. The third-order valence-electron chi connectivity index (χ3n) is 2.60. The molecule has 0 aliphatic carbocycles. The van der Waals surface area contributed by atoms with Crippen molar-refractivity contribution in [2.45, 2.75) is 27.7 Å². The zero-order valence-electron chi connectivity index (χ0n) is 11.0. The molecule has 2 aromatic heterocycles. The molecule has 0 fully saturated rings. The zero-order chi connectivity index (χ0) is 13.3. The molecule has 0 aromatic carbocycles. The van der Waals surface area contributed by atoms with Crippen LogP contribution in [0.25, 0.3) is 5.82 Å². The molecule has 0 aliphatic heterocycles. The SMILES string of the molecule is CCNc1nc(C)cc(-n2nc(C)c(Br)c2C)n1.